The molecular weight excluding hydrogens is 360 g/mol. The fraction of sp³-hybridized carbons (Fsp3) is 0.294. The SMILES string of the molecule is [2H]C([2H])([2H])n1cc(C)c(=O)n(Cc2nc(C[C@H](O)c3ccc(Cl)cc3)no2)c1=O. The van der Waals surface area contributed by atoms with Gasteiger partial charge in [-0.2, -0.15) is 4.98 Å². The molecule has 8 nitrogen and oxygen atoms in total. The normalized spacial score (nSPS) is 14.5. The van der Waals surface area contributed by atoms with Crippen LogP contribution < -0.4 is 11.2 Å². The number of halogens is 1. The molecule has 3 aromatic rings. The van der Waals surface area contributed by atoms with Crippen LogP contribution in [0.15, 0.2) is 44.6 Å². The third-order valence-corrected chi connectivity index (χ3v) is 4.03. The van der Waals surface area contributed by atoms with Gasteiger partial charge in [0.25, 0.3) is 5.56 Å². The minimum atomic E-state index is -2.74. The molecule has 1 atom stereocenters. The maximum Gasteiger partial charge on any atom is 0.331 e. The number of hydrogen-bond acceptors (Lipinski definition) is 6. The number of aliphatic hydroxyl groups excluding tert-OH is 1. The third kappa shape index (κ3) is 3.76. The van der Waals surface area contributed by atoms with Crippen molar-refractivity contribution in [3.05, 3.63) is 79.2 Å². The second-order valence-corrected chi connectivity index (χ2v) is 6.17. The largest absolute Gasteiger partial charge is 0.388 e. The van der Waals surface area contributed by atoms with Crippen molar-refractivity contribution in [3.63, 3.8) is 0 Å². The predicted octanol–water partition coefficient (Wildman–Crippen LogP) is 1.22. The fourth-order valence-electron chi connectivity index (χ4n) is 2.42. The first kappa shape index (κ1) is 14.5. The Morgan fingerprint density at radius 3 is 2.77 bits per heavy atom. The van der Waals surface area contributed by atoms with Gasteiger partial charge in [-0.3, -0.25) is 9.36 Å². The molecule has 1 aromatic carbocycles. The van der Waals surface area contributed by atoms with Crippen LogP contribution in [0.25, 0.3) is 0 Å². The molecule has 0 aliphatic carbocycles. The number of benzene rings is 1. The van der Waals surface area contributed by atoms with E-state index in [1.165, 1.54) is 6.92 Å². The lowest BCUT2D eigenvalue weighted by atomic mass is 10.1. The first-order chi connectivity index (χ1) is 13.6. The molecule has 0 aliphatic heterocycles. The number of nitrogens with zero attached hydrogens (tertiary/aromatic N) is 4. The summed E-state index contributed by atoms with van der Waals surface area (Å²) in [5, 5.41) is 14.6. The van der Waals surface area contributed by atoms with Crippen LogP contribution in [0.3, 0.4) is 0 Å². The van der Waals surface area contributed by atoms with E-state index in [1.807, 2.05) is 0 Å². The first-order valence-electron chi connectivity index (χ1n) is 9.15. The Hall–Kier alpha value is -2.71. The lowest BCUT2D eigenvalue weighted by molar-refractivity contribution is 0.174. The van der Waals surface area contributed by atoms with Crippen LogP contribution in [-0.2, 0) is 19.9 Å². The molecule has 3 rings (SSSR count). The summed E-state index contributed by atoms with van der Waals surface area (Å²) in [4.78, 5) is 28.8. The molecular formula is C17H17ClN4O4. The van der Waals surface area contributed by atoms with Gasteiger partial charge in [-0.1, -0.05) is 28.9 Å². The topological polar surface area (TPSA) is 103 Å². The van der Waals surface area contributed by atoms with Gasteiger partial charge in [0.05, 0.1) is 6.10 Å². The van der Waals surface area contributed by atoms with Gasteiger partial charge in [-0.25, -0.2) is 4.79 Å². The summed E-state index contributed by atoms with van der Waals surface area (Å²) in [6, 6.07) is 6.61. The Bertz CT molecular complexity index is 1140. The average Bonchev–Trinajstić information content (AvgIpc) is 3.08. The van der Waals surface area contributed by atoms with Crippen LogP contribution in [0.5, 0.6) is 0 Å². The molecule has 136 valence electrons. The van der Waals surface area contributed by atoms with Crippen LogP contribution in [0.1, 0.15) is 33.1 Å². The minimum absolute atomic E-state index is 0.0351. The van der Waals surface area contributed by atoms with Crippen molar-refractivity contribution in [2.24, 2.45) is 6.98 Å². The summed E-state index contributed by atoms with van der Waals surface area (Å²) in [5.74, 6) is 0.101. The Balaban J connectivity index is 1.83. The monoisotopic (exact) mass is 379 g/mol. The summed E-state index contributed by atoms with van der Waals surface area (Å²) >= 11 is 5.82. The van der Waals surface area contributed by atoms with Crippen molar-refractivity contribution in [1.82, 2.24) is 19.3 Å². The number of aliphatic hydroxyl groups is 1. The first-order valence-corrected chi connectivity index (χ1v) is 8.02. The number of hydrogen-bond donors (Lipinski definition) is 1. The summed E-state index contributed by atoms with van der Waals surface area (Å²) < 4.78 is 28.6. The highest BCUT2D eigenvalue weighted by atomic mass is 35.5. The van der Waals surface area contributed by atoms with Gasteiger partial charge in [0, 0.05) is 34.3 Å². The van der Waals surface area contributed by atoms with E-state index in [9.17, 15) is 14.7 Å². The molecule has 0 saturated carbocycles. The summed E-state index contributed by atoms with van der Waals surface area (Å²) in [7, 11) is 0. The highest BCUT2D eigenvalue weighted by Gasteiger charge is 2.16. The molecule has 2 aromatic heterocycles. The molecule has 0 bridgehead atoms. The van der Waals surface area contributed by atoms with Crippen molar-refractivity contribution in [2.75, 3.05) is 0 Å². The number of aromatic nitrogens is 4. The van der Waals surface area contributed by atoms with Crippen LogP contribution in [0.2, 0.25) is 5.02 Å². The smallest absolute Gasteiger partial charge is 0.331 e. The van der Waals surface area contributed by atoms with E-state index in [0.717, 1.165) is 6.20 Å². The Kier molecular flexibility index (Phi) is 4.04. The van der Waals surface area contributed by atoms with Gasteiger partial charge < -0.3 is 14.2 Å². The van der Waals surface area contributed by atoms with Crippen molar-refractivity contribution >= 4 is 11.6 Å². The van der Waals surface area contributed by atoms with Gasteiger partial charge in [-0.05, 0) is 24.6 Å². The van der Waals surface area contributed by atoms with Gasteiger partial charge in [0.1, 0.15) is 6.54 Å². The molecule has 26 heavy (non-hydrogen) atoms. The second-order valence-electron chi connectivity index (χ2n) is 5.73. The van der Waals surface area contributed by atoms with E-state index < -0.39 is 24.3 Å². The number of aryl methyl sites for hydroxylation is 2. The highest BCUT2D eigenvalue weighted by Crippen LogP contribution is 2.19. The maximum absolute atomic E-state index is 12.4. The Morgan fingerprint density at radius 1 is 1.35 bits per heavy atom. The van der Waals surface area contributed by atoms with E-state index in [2.05, 4.69) is 10.1 Å². The standard InChI is InChI=1S/C17H17ClN4O4/c1-10-8-21(2)17(25)22(16(10)24)9-15-19-14(20-26-15)7-13(23)11-3-5-12(18)6-4-11/h3-6,8,13,23H,7,9H2,1-2H3/t13-/m0/s1/i2D3. The van der Waals surface area contributed by atoms with E-state index in [4.69, 9.17) is 20.2 Å². The van der Waals surface area contributed by atoms with E-state index in [-0.39, 0.29) is 30.2 Å². The average molecular weight is 380 g/mol. The molecule has 9 heteroatoms. The van der Waals surface area contributed by atoms with Crippen molar-refractivity contribution in [1.29, 1.82) is 0 Å². The van der Waals surface area contributed by atoms with Crippen molar-refractivity contribution in [2.45, 2.75) is 26.0 Å². The molecule has 0 amide bonds. The van der Waals surface area contributed by atoms with E-state index in [1.54, 1.807) is 24.3 Å². The molecule has 2 heterocycles. The minimum Gasteiger partial charge on any atom is -0.388 e. The lowest BCUT2D eigenvalue weighted by Crippen LogP contribution is -2.40. The second kappa shape index (κ2) is 7.27. The molecule has 1 N–H and O–H groups in total. The maximum atomic E-state index is 12.4. The van der Waals surface area contributed by atoms with Crippen LogP contribution in [0, 0.1) is 6.92 Å². The summed E-state index contributed by atoms with van der Waals surface area (Å²) in [5.41, 5.74) is -0.979. The fourth-order valence-corrected chi connectivity index (χ4v) is 2.55. The molecule has 0 unspecified atom stereocenters. The van der Waals surface area contributed by atoms with E-state index in [0.29, 0.717) is 19.7 Å². The summed E-state index contributed by atoms with van der Waals surface area (Å²) in [6.45, 7) is -1.72. The zero-order valence-electron chi connectivity index (χ0n) is 16.7. The van der Waals surface area contributed by atoms with Gasteiger partial charge in [-0.15, -0.1) is 0 Å². The molecule has 0 radical (unpaired) electrons. The summed E-state index contributed by atoms with van der Waals surface area (Å²) in [6.07, 6.45) is 0.121. The van der Waals surface area contributed by atoms with Crippen molar-refractivity contribution in [3.8, 4) is 0 Å². The Labute approximate surface area is 157 Å². The Morgan fingerprint density at radius 2 is 2.08 bits per heavy atom. The lowest BCUT2D eigenvalue weighted by Gasteiger charge is -2.08. The molecule has 0 aliphatic rings. The zero-order chi connectivity index (χ0) is 21.3. The van der Waals surface area contributed by atoms with Gasteiger partial charge in [0.15, 0.2) is 5.82 Å². The van der Waals surface area contributed by atoms with Crippen molar-refractivity contribution < 1.29 is 13.7 Å². The molecule has 0 fully saturated rings. The van der Waals surface area contributed by atoms with Crippen LogP contribution in [0.4, 0.5) is 0 Å². The molecule has 0 saturated heterocycles. The van der Waals surface area contributed by atoms with Crippen LogP contribution >= 0.6 is 11.6 Å². The molecule has 0 spiro atoms. The van der Waals surface area contributed by atoms with Gasteiger partial charge in [0.2, 0.25) is 5.89 Å². The predicted molar refractivity (Wildman–Crippen MR) is 94.2 cm³/mol. The number of rotatable bonds is 5. The third-order valence-electron chi connectivity index (χ3n) is 3.78. The quantitative estimate of drug-likeness (QED) is 0.714. The highest BCUT2D eigenvalue weighted by molar-refractivity contribution is 6.30. The zero-order valence-corrected chi connectivity index (χ0v) is 14.5. The van der Waals surface area contributed by atoms with E-state index >= 15 is 0 Å². The van der Waals surface area contributed by atoms with Crippen LogP contribution in [-0.4, -0.2) is 24.4 Å². The van der Waals surface area contributed by atoms with Gasteiger partial charge >= 0.3 is 5.69 Å².